The van der Waals surface area contributed by atoms with E-state index in [0.29, 0.717) is 13.0 Å². The lowest BCUT2D eigenvalue weighted by molar-refractivity contribution is -0.120. The lowest BCUT2D eigenvalue weighted by atomic mass is 10.0. The average Bonchev–Trinajstić information content (AvgIpc) is 2.41. The minimum Gasteiger partial charge on any atom is -0.356 e. The van der Waals surface area contributed by atoms with Crippen molar-refractivity contribution < 1.29 is 4.79 Å². The van der Waals surface area contributed by atoms with Gasteiger partial charge in [0.15, 0.2) is 0 Å². The fourth-order valence-electron chi connectivity index (χ4n) is 1.90. The molecule has 0 saturated heterocycles. The quantitative estimate of drug-likeness (QED) is 0.904. The summed E-state index contributed by atoms with van der Waals surface area (Å²) < 4.78 is 0. The molecule has 0 radical (unpaired) electrons. The Labute approximate surface area is 118 Å². The molecule has 3 heteroatoms. The Morgan fingerprint density at radius 2 is 1.53 bits per heavy atom. The van der Waals surface area contributed by atoms with E-state index in [1.165, 1.54) is 0 Å². The van der Waals surface area contributed by atoms with Crippen LogP contribution in [0.5, 0.6) is 0 Å². The van der Waals surface area contributed by atoms with Crippen molar-refractivity contribution in [3.05, 3.63) is 59.1 Å². The van der Waals surface area contributed by atoms with Gasteiger partial charge in [0, 0.05) is 11.6 Å². The molecule has 0 fully saturated rings. The summed E-state index contributed by atoms with van der Waals surface area (Å²) in [6, 6.07) is 15.7. The second kappa shape index (κ2) is 6.39. The summed E-state index contributed by atoms with van der Waals surface area (Å²) in [6.07, 6.45) is 0.425. The first kappa shape index (κ1) is 13.6. The van der Waals surface area contributed by atoms with Crippen LogP contribution >= 0.6 is 11.6 Å². The Kier molecular flexibility index (Phi) is 4.58. The maximum atomic E-state index is 11.5. The van der Waals surface area contributed by atoms with Crippen LogP contribution in [-0.2, 0) is 11.2 Å². The van der Waals surface area contributed by atoms with E-state index in [2.05, 4.69) is 5.32 Å². The molecule has 0 spiro atoms. The lowest BCUT2D eigenvalue weighted by Gasteiger charge is -2.05. The molecule has 2 aromatic rings. The van der Waals surface area contributed by atoms with Crippen LogP contribution in [0.3, 0.4) is 0 Å². The van der Waals surface area contributed by atoms with Gasteiger partial charge in [-0.3, -0.25) is 4.79 Å². The molecule has 0 heterocycles. The van der Waals surface area contributed by atoms with Gasteiger partial charge in [0.25, 0.3) is 0 Å². The number of amides is 1. The number of likely N-dealkylation sites (N-methyl/N-ethyl adjacent to an activating group) is 1. The van der Waals surface area contributed by atoms with E-state index >= 15 is 0 Å². The highest BCUT2D eigenvalue weighted by Gasteiger charge is 2.03. The van der Waals surface area contributed by atoms with Crippen molar-refractivity contribution in [2.24, 2.45) is 0 Å². The number of benzene rings is 2. The van der Waals surface area contributed by atoms with Gasteiger partial charge in [0.05, 0.1) is 6.42 Å². The summed E-state index contributed by atoms with van der Waals surface area (Å²) in [7, 11) is 0. The third-order valence-corrected chi connectivity index (χ3v) is 3.12. The summed E-state index contributed by atoms with van der Waals surface area (Å²) >= 11 is 5.87. The van der Waals surface area contributed by atoms with Gasteiger partial charge in [-0.25, -0.2) is 0 Å². The molecular formula is C16H16ClNO. The van der Waals surface area contributed by atoms with E-state index in [1.807, 2.05) is 55.5 Å². The zero-order chi connectivity index (χ0) is 13.7. The minimum absolute atomic E-state index is 0.0572. The van der Waals surface area contributed by atoms with E-state index in [0.717, 1.165) is 21.7 Å². The average molecular weight is 274 g/mol. The Morgan fingerprint density at radius 3 is 2.05 bits per heavy atom. The first-order chi connectivity index (χ1) is 9.19. The van der Waals surface area contributed by atoms with Crippen LogP contribution < -0.4 is 5.32 Å². The SMILES string of the molecule is CCNC(=O)Cc1ccc(-c2ccc(Cl)cc2)cc1. The number of halogens is 1. The Bertz CT molecular complexity index is 546. The maximum absolute atomic E-state index is 11.5. The van der Waals surface area contributed by atoms with E-state index in [9.17, 15) is 4.79 Å². The monoisotopic (exact) mass is 273 g/mol. The lowest BCUT2D eigenvalue weighted by Crippen LogP contribution is -2.24. The number of rotatable bonds is 4. The van der Waals surface area contributed by atoms with Crippen LogP contribution in [0.25, 0.3) is 11.1 Å². The molecule has 2 aromatic carbocycles. The maximum Gasteiger partial charge on any atom is 0.224 e. The first-order valence-corrected chi connectivity index (χ1v) is 6.68. The molecule has 1 N–H and O–H groups in total. The zero-order valence-corrected chi connectivity index (χ0v) is 11.6. The second-order valence-electron chi connectivity index (χ2n) is 4.33. The molecule has 0 aliphatic rings. The second-order valence-corrected chi connectivity index (χ2v) is 4.77. The van der Waals surface area contributed by atoms with Gasteiger partial charge in [-0.2, -0.15) is 0 Å². The first-order valence-electron chi connectivity index (χ1n) is 6.30. The topological polar surface area (TPSA) is 29.1 Å². The van der Waals surface area contributed by atoms with Gasteiger partial charge in [-0.05, 0) is 35.7 Å². The van der Waals surface area contributed by atoms with Crippen LogP contribution in [0.1, 0.15) is 12.5 Å². The van der Waals surface area contributed by atoms with Crippen molar-refractivity contribution in [2.75, 3.05) is 6.54 Å². The molecule has 0 aromatic heterocycles. The van der Waals surface area contributed by atoms with Crippen LogP contribution in [0.2, 0.25) is 5.02 Å². The van der Waals surface area contributed by atoms with Crippen molar-refractivity contribution in [3.8, 4) is 11.1 Å². The summed E-state index contributed by atoms with van der Waals surface area (Å²) in [4.78, 5) is 11.5. The molecule has 1 amide bonds. The van der Waals surface area contributed by atoms with Gasteiger partial charge in [0.2, 0.25) is 5.91 Å². The molecule has 0 aliphatic heterocycles. The van der Waals surface area contributed by atoms with Crippen molar-refractivity contribution >= 4 is 17.5 Å². The number of carbonyl (C=O) groups excluding carboxylic acids is 1. The molecule has 19 heavy (non-hydrogen) atoms. The van der Waals surface area contributed by atoms with Gasteiger partial charge in [0.1, 0.15) is 0 Å². The fraction of sp³-hybridized carbons (Fsp3) is 0.188. The third kappa shape index (κ3) is 3.83. The van der Waals surface area contributed by atoms with E-state index in [1.54, 1.807) is 0 Å². The minimum atomic E-state index is 0.0572. The number of hydrogen-bond acceptors (Lipinski definition) is 1. The number of carbonyl (C=O) groups is 1. The molecule has 0 atom stereocenters. The van der Waals surface area contributed by atoms with Gasteiger partial charge >= 0.3 is 0 Å². The molecule has 2 rings (SSSR count). The predicted octanol–water partition coefficient (Wildman–Crippen LogP) is 3.69. The Balaban J connectivity index is 2.10. The van der Waals surface area contributed by atoms with Crippen LogP contribution in [0.15, 0.2) is 48.5 Å². The standard InChI is InChI=1S/C16H16ClNO/c1-2-18-16(19)11-12-3-5-13(6-4-12)14-7-9-15(17)10-8-14/h3-10H,2,11H2,1H3,(H,18,19). The van der Waals surface area contributed by atoms with Gasteiger partial charge in [-0.15, -0.1) is 0 Å². The van der Waals surface area contributed by atoms with Crippen LogP contribution in [-0.4, -0.2) is 12.5 Å². The summed E-state index contributed by atoms with van der Waals surface area (Å²) in [6.45, 7) is 2.59. The molecule has 98 valence electrons. The van der Waals surface area contributed by atoms with Crippen molar-refractivity contribution in [1.82, 2.24) is 5.32 Å². The third-order valence-electron chi connectivity index (χ3n) is 2.87. The van der Waals surface area contributed by atoms with Crippen molar-refractivity contribution in [3.63, 3.8) is 0 Å². The molecule has 2 nitrogen and oxygen atoms in total. The van der Waals surface area contributed by atoms with E-state index in [4.69, 9.17) is 11.6 Å². The molecule has 0 saturated carbocycles. The van der Waals surface area contributed by atoms with Gasteiger partial charge < -0.3 is 5.32 Å². The number of nitrogens with one attached hydrogen (secondary N) is 1. The molecular weight excluding hydrogens is 258 g/mol. The molecule has 0 aliphatic carbocycles. The summed E-state index contributed by atoms with van der Waals surface area (Å²) in [5.74, 6) is 0.0572. The predicted molar refractivity (Wildman–Crippen MR) is 79.3 cm³/mol. The van der Waals surface area contributed by atoms with Crippen LogP contribution in [0.4, 0.5) is 0 Å². The van der Waals surface area contributed by atoms with Crippen molar-refractivity contribution in [1.29, 1.82) is 0 Å². The fourth-order valence-corrected chi connectivity index (χ4v) is 2.03. The Morgan fingerprint density at radius 1 is 1.00 bits per heavy atom. The molecule has 0 unspecified atom stereocenters. The van der Waals surface area contributed by atoms with E-state index in [-0.39, 0.29) is 5.91 Å². The number of hydrogen-bond donors (Lipinski definition) is 1. The van der Waals surface area contributed by atoms with Crippen LogP contribution in [0, 0.1) is 0 Å². The smallest absolute Gasteiger partial charge is 0.224 e. The summed E-state index contributed by atoms with van der Waals surface area (Å²) in [5.41, 5.74) is 3.26. The summed E-state index contributed by atoms with van der Waals surface area (Å²) in [5, 5.41) is 3.53. The highest BCUT2D eigenvalue weighted by molar-refractivity contribution is 6.30. The highest BCUT2D eigenvalue weighted by atomic mass is 35.5. The van der Waals surface area contributed by atoms with Crippen molar-refractivity contribution in [2.45, 2.75) is 13.3 Å². The zero-order valence-electron chi connectivity index (χ0n) is 10.8. The normalized spacial score (nSPS) is 10.2. The van der Waals surface area contributed by atoms with Gasteiger partial charge in [-0.1, -0.05) is 48.0 Å². The molecule has 0 bridgehead atoms. The largest absolute Gasteiger partial charge is 0.356 e. The Hall–Kier alpha value is -1.80. The highest BCUT2D eigenvalue weighted by Crippen LogP contribution is 2.21. The van der Waals surface area contributed by atoms with E-state index < -0.39 is 0 Å².